The molecule has 1 saturated heterocycles. The molecule has 1 aliphatic rings. The summed E-state index contributed by atoms with van der Waals surface area (Å²) >= 11 is 0. The summed E-state index contributed by atoms with van der Waals surface area (Å²) in [5.41, 5.74) is 0.274. The van der Waals surface area contributed by atoms with E-state index in [1.165, 1.54) is 0 Å². The molecule has 6 nitrogen and oxygen atoms in total. The number of likely N-dealkylation sites (tertiary alicyclic amines) is 1. The van der Waals surface area contributed by atoms with Crippen LogP contribution < -0.4 is 5.32 Å². The summed E-state index contributed by atoms with van der Waals surface area (Å²) < 4.78 is 0. The Balaban J connectivity index is 1.84. The summed E-state index contributed by atoms with van der Waals surface area (Å²) in [5.74, 6) is -0.750. The molecule has 0 saturated carbocycles. The van der Waals surface area contributed by atoms with Gasteiger partial charge in [-0.2, -0.15) is 0 Å². The number of carboxylic acids is 1. The van der Waals surface area contributed by atoms with Crippen LogP contribution >= 0.6 is 0 Å². The number of nitrogens with zero attached hydrogens (tertiary/aromatic N) is 2. The molecule has 1 aliphatic heterocycles. The summed E-state index contributed by atoms with van der Waals surface area (Å²) in [7, 11) is 0. The van der Waals surface area contributed by atoms with Gasteiger partial charge in [-0.25, -0.2) is 4.79 Å². The minimum absolute atomic E-state index is 0.144. The number of rotatable bonds is 4. The standard InChI is InChI=1S/C15H21N3O3/c1-2-15(13(19)20)5-8-18(9-6-15)14(21)17-11-12-4-3-7-16-10-12/h3-4,7,10H,2,5-6,8-9,11H2,1H3,(H,17,21)(H,19,20). The maximum absolute atomic E-state index is 12.1. The Bertz CT molecular complexity index is 496. The molecule has 0 bridgehead atoms. The monoisotopic (exact) mass is 291 g/mol. The van der Waals surface area contributed by atoms with Crippen LogP contribution in [0.3, 0.4) is 0 Å². The highest BCUT2D eigenvalue weighted by molar-refractivity contribution is 5.77. The van der Waals surface area contributed by atoms with Gasteiger partial charge >= 0.3 is 12.0 Å². The third-order valence-corrected chi connectivity index (χ3v) is 4.30. The van der Waals surface area contributed by atoms with Crippen molar-refractivity contribution in [2.45, 2.75) is 32.7 Å². The predicted octanol–water partition coefficient (Wildman–Crippen LogP) is 1.87. The van der Waals surface area contributed by atoms with Gasteiger partial charge in [-0.3, -0.25) is 9.78 Å². The number of pyridine rings is 1. The van der Waals surface area contributed by atoms with Crippen molar-refractivity contribution in [3.8, 4) is 0 Å². The van der Waals surface area contributed by atoms with Gasteiger partial charge in [-0.15, -0.1) is 0 Å². The minimum Gasteiger partial charge on any atom is -0.481 e. The van der Waals surface area contributed by atoms with Crippen molar-refractivity contribution in [1.82, 2.24) is 15.2 Å². The Morgan fingerprint density at radius 3 is 2.67 bits per heavy atom. The van der Waals surface area contributed by atoms with E-state index in [-0.39, 0.29) is 6.03 Å². The van der Waals surface area contributed by atoms with Crippen LogP contribution in [-0.4, -0.2) is 40.1 Å². The molecule has 0 aliphatic carbocycles. The number of piperidine rings is 1. The number of aliphatic carboxylic acids is 1. The normalized spacial score (nSPS) is 17.3. The van der Waals surface area contributed by atoms with Crippen LogP contribution in [0, 0.1) is 5.41 Å². The molecule has 2 rings (SSSR count). The van der Waals surface area contributed by atoms with E-state index in [2.05, 4.69) is 10.3 Å². The molecule has 1 aromatic rings. The third kappa shape index (κ3) is 3.51. The van der Waals surface area contributed by atoms with Gasteiger partial charge in [-0.1, -0.05) is 13.0 Å². The number of carbonyl (C=O) groups excluding carboxylic acids is 1. The van der Waals surface area contributed by atoms with Gasteiger partial charge < -0.3 is 15.3 Å². The van der Waals surface area contributed by atoms with Gasteiger partial charge in [0.1, 0.15) is 0 Å². The van der Waals surface area contributed by atoms with E-state index in [1.54, 1.807) is 17.3 Å². The van der Waals surface area contributed by atoms with Crippen LogP contribution in [0.25, 0.3) is 0 Å². The molecule has 2 amide bonds. The molecule has 1 fully saturated rings. The first-order chi connectivity index (χ1) is 10.1. The highest BCUT2D eigenvalue weighted by Gasteiger charge is 2.40. The second-order valence-electron chi connectivity index (χ2n) is 5.45. The topological polar surface area (TPSA) is 82.5 Å². The number of urea groups is 1. The fourth-order valence-corrected chi connectivity index (χ4v) is 2.65. The minimum atomic E-state index is -0.750. The Labute approximate surface area is 124 Å². The van der Waals surface area contributed by atoms with Crippen molar-refractivity contribution < 1.29 is 14.7 Å². The van der Waals surface area contributed by atoms with Gasteiger partial charge in [0.15, 0.2) is 0 Å². The first-order valence-electron chi connectivity index (χ1n) is 7.22. The molecule has 2 heterocycles. The zero-order chi connectivity index (χ0) is 15.3. The lowest BCUT2D eigenvalue weighted by atomic mass is 9.76. The highest BCUT2D eigenvalue weighted by Crippen LogP contribution is 2.35. The van der Waals surface area contributed by atoms with E-state index in [0.717, 1.165) is 5.56 Å². The van der Waals surface area contributed by atoms with Crippen molar-refractivity contribution in [2.75, 3.05) is 13.1 Å². The largest absolute Gasteiger partial charge is 0.481 e. The molecule has 21 heavy (non-hydrogen) atoms. The first-order valence-corrected chi connectivity index (χ1v) is 7.22. The first kappa shape index (κ1) is 15.3. The molecule has 114 valence electrons. The molecule has 0 unspecified atom stereocenters. The second-order valence-corrected chi connectivity index (χ2v) is 5.45. The van der Waals surface area contributed by atoms with Crippen molar-refractivity contribution in [3.63, 3.8) is 0 Å². The van der Waals surface area contributed by atoms with E-state index in [0.29, 0.717) is 38.9 Å². The van der Waals surface area contributed by atoms with E-state index < -0.39 is 11.4 Å². The van der Waals surface area contributed by atoms with Gasteiger partial charge in [0.25, 0.3) is 0 Å². The summed E-state index contributed by atoms with van der Waals surface area (Å²) in [4.78, 5) is 29.1. The molecule has 1 aromatic heterocycles. The molecule has 2 N–H and O–H groups in total. The quantitative estimate of drug-likeness (QED) is 0.887. The van der Waals surface area contributed by atoms with Crippen molar-refractivity contribution in [2.24, 2.45) is 5.41 Å². The smallest absolute Gasteiger partial charge is 0.317 e. The molecular weight excluding hydrogens is 270 g/mol. The maximum Gasteiger partial charge on any atom is 0.317 e. The Kier molecular flexibility index (Phi) is 4.77. The molecule has 0 spiro atoms. The van der Waals surface area contributed by atoms with Crippen molar-refractivity contribution in [1.29, 1.82) is 0 Å². The fourth-order valence-electron chi connectivity index (χ4n) is 2.65. The number of aromatic nitrogens is 1. The molecular formula is C15H21N3O3. The summed E-state index contributed by atoms with van der Waals surface area (Å²) in [6, 6.07) is 3.58. The van der Waals surface area contributed by atoms with Gasteiger partial charge in [-0.05, 0) is 30.9 Å². The Morgan fingerprint density at radius 1 is 1.43 bits per heavy atom. The van der Waals surface area contributed by atoms with Crippen LogP contribution in [0.15, 0.2) is 24.5 Å². The second kappa shape index (κ2) is 6.56. The molecule has 0 aromatic carbocycles. The number of carboxylic acid groups (broad SMARTS) is 1. The number of nitrogens with one attached hydrogen (secondary N) is 1. The van der Waals surface area contributed by atoms with Crippen molar-refractivity contribution >= 4 is 12.0 Å². The lowest BCUT2D eigenvalue weighted by Gasteiger charge is -2.38. The highest BCUT2D eigenvalue weighted by atomic mass is 16.4. The van der Waals surface area contributed by atoms with Crippen LogP contribution in [0.5, 0.6) is 0 Å². The van der Waals surface area contributed by atoms with Crippen molar-refractivity contribution in [3.05, 3.63) is 30.1 Å². The zero-order valence-electron chi connectivity index (χ0n) is 12.2. The van der Waals surface area contributed by atoms with Gasteiger partial charge in [0.2, 0.25) is 0 Å². The summed E-state index contributed by atoms with van der Waals surface area (Å²) in [6.07, 6.45) is 5.03. The summed E-state index contributed by atoms with van der Waals surface area (Å²) in [6.45, 7) is 3.30. The van der Waals surface area contributed by atoms with E-state index in [9.17, 15) is 14.7 Å². The van der Waals surface area contributed by atoms with E-state index in [1.807, 2.05) is 19.1 Å². The van der Waals surface area contributed by atoms with Crippen LogP contribution in [-0.2, 0) is 11.3 Å². The average molecular weight is 291 g/mol. The number of carbonyl (C=O) groups is 2. The molecule has 6 heteroatoms. The number of hydrogen-bond donors (Lipinski definition) is 2. The fraction of sp³-hybridized carbons (Fsp3) is 0.533. The predicted molar refractivity (Wildman–Crippen MR) is 77.6 cm³/mol. The van der Waals surface area contributed by atoms with E-state index >= 15 is 0 Å². The lowest BCUT2D eigenvalue weighted by molar-refractivity contribution is -0.151. The van der Waals surface area contributed by atoms with Crippen LogP contribution in [0.4, 0.5) is 4.79 Å². The Morgan fingerprint density at radius 2 is 2.14 bits per heavy atom. The van der Waals surface area contributed by atoms with Crippen LogP contribution in [0.2, 0.25) is 0 Å². The lowest BCUT2D eigenvalue weighted by Crippen LogP contribution is -2.49. The number of hydrogen-bond acceptors (Lipinski definition) is 3. The third-order valence-electron chi connectivity index (χ3n) is 4.30. The van der Waals surface area contributed by atoms with E-state index in [4.69, 9.17) is 0 Å². The van der Waals surface area contributed by atoms with Gasteiger partial charge in [0, 0.05) is 32.0 Å². The summed E-state index contributed by atoms with van der Waals surface area (Å²) in [5, 5.41) is 12.2. The molecule has 0 atom stereocenters. The average Bonchev–Trinajstić information content (AvgIpc) is 2.53. The SMILES string of the molecule is CCC1(C(=O)O)CCN(C(=O)NCc2cccnc2)CC1. The number of amides is 2. The molecule has 0 radical (unpaired) electrons. The van der Waals surface area contributed by atoms with Gasteiger partial charge in [0.05, 0.1) is 5.41 Å². The Hall–Kier alpha value is -2.11. The maximum atomic E-state index is 12.1. The zero-order valence-corrected chi connectivity index (χ0v) is 12.2. The van der Waals surface area contributed by atoms with Crippen LogP contribution in [0.1, 0.15) is 31.7 Å².